The van der Waals surface area contributed by atoms with Gasteiger partial charge in [0.1, 0.15) is 0 Å². The SMILES string of the molecule is CC(C)C[C@@H]1CNCCN1Cc1ccc(C(=O)O)cc1. The number of nitrogens with zero attached hydrogens (tertiary/aromatic N) is 1. The number of benzene rings is 1. The molecule has 2 N–H and O–H groups in total. The minimum absolute atomic E-state index is 0.354. The van der Waals surface area contributed by atoms with E-state index in [1.165, 1.54) is 12.0 Å². The summed E-state index contributed by atoms with van der Waals surface area (Å²) in [5, 5.41) is 12.4. The molecule has 0 aromatic heterocycles. The van der Waals surface area contributed by atoms with E-state index in [4.69, 9.17) is 5.11 Å². The van der Waals surface area contributed by atoms with Gasteiger partial charge in [-0.15, -0.1) is 0 Å². The van der Waals surface area contributed by atoms with Gasteiger partial charge in [-0.1, -0.05) is 26.0 Å². The van der Waals surface area contributed by atoms with E-state index in [9.17, 15) is 4.79 Å². The van der Waals surface area contributed by atoms with Crippen LogP contribution in [0.2, 0.25) is 0 Å². The highest BCUT2D eigenvalue weighted by molar-refractivity contribution is 5.87. The normalized spacial score (nSPS) is 20.2. The lowest BCUT2D eigenvalue weighted by Gasteiger charge is -2.37. The van der Waals surface area contributed by atoms with Crippen molar-refractivity contribution in [3.63, 3.8) is 0 Å². The fourth-order valence-electron chi connectivity index (χ4n) is 2.77. The molecule has 0 unspecified atom stereocenters. The summed E-state index contributed by atoms with van der Waals surface area (Å²) < 4.78 is 0. The van der Waals surface area contributed by atoms with Crippen molar-refractivity contribution in [2.75, 3.05) is 19.6 Å². The van der Waals surface area contributed by atoms with Crippen LogP contribution in [0, 0.1) is 5.92 Å². The zero-order valence-electron chi connectivity index (χ0n) is 12.3. The molecule has 0 amide bonds. The van der Waals surface area contributed by atoms with Gasteiger partial charge < -0.3 is 10.4 Å². The van der Waals surface area contributed by atoms with E-state index in [-0.39, 0.29) is 0 Å². The van der Waals surface area contributed by atoms with Crippen molar-refractivity contribution in [1.29, 1.82) is 0 Å². The topological polar surface area (TPSA) is 52.6 Å². The second-order valence-electron chi connectivity index (χ2n) is 5.96. The fourth-order valence-corrected chi connectivity index (χ4v) is 2.77. The number of rotatable bonds is 5. The summed E-state index contributed by atoms with van der Waals surface area (Å²) in [5.41, 5.74) is 1.54. The molecular formula is C16H24N2O2. The standard InChI is InChI=1S/C16H24N2O2/c1-12(2)9-15-10-17-7-8-18(15)11-13-3-5-14(6-4-13)16(19)20/h3-6,12,15,17H,7-11H2,1-2H3,(H,19,20)/t15-/m1/s1. The van der Waals surface area contributed by atoms with E-state index in [0.717, 1.165) is 26.2 Å². The minimum atomic E-state index is -0.864. The second kappa shape index (κ2) is 6.86. The zero-order chi connectivity index (χ0) is 14.5. The van der Waals surface area contributed by atoms with Gasteiger partial charge in [0.15, 0.2) is 0 Å². The van der Waals surface area contributed by atoms with Crippen LogP contribution in [0.3, 0.4) is 0 Å². The highest BCUT2D eigenvalue weighted by Crippen LogP contribution is 2.17. The number of nitrogens with one attached hydrogen (secondary N) is 1. The largest absolute Gasteiger partial charge is 0.478 e. The van der Waals surface area contributed by atoms with Crippen LogP contribution in [0.25, 0.3) is 0 Å². The fraction of sp³-hybridized carbons (Fsp3) is 0.562. The van der Waals surface area contributed by atoms with Gasteiger partial charge in [0.25, 0.3) is 0 Å². The minimum Gasteiger partial charge on any atom is -0.478 e. The Morgan fingerprint density at radius 3 is 2.70 bits per heavy atom. The number of hydrogen-bond donors (Lipinski definition) is 2. The third-order valence-electron chi connectivity index (χ3n) is 3.80. The van der Waals surface area contributed by atoms with Crippen LogP contribution in [0.1, 0.15) is 36.2 Å². The van der Waals surface area contributed by atoms with Gasteiger partial charge in [0, 0.05) is 32.2 Å². The second-order valence-corrected chi connectivity index (χ2v) is 5.96. The molecular weight excluding hydrogens is 252 g/mol. The molecule has 1 aromatic rings. The van der Waals surface area contributed by atoms with E-state index < -0.39 is 5.97 Å². The Kier molecular flexibility index (Phi) is 5.15. The van der Waals surface area contributed by atoms with Gasteiger partial charge in [0.05, 0.1) is 5.56 Å². The van der Waals surface area contributed by atoms with Crippen LogP contribution in [0.4, 0.5) is 0 Å². The first-order valence-corrected chi connectivity index (χ1v) is 7.33. The van der Waals surface area contributed by atoms with Crippen molar-refractivity contribution in [2.24, 2.45) is 5.92 Å². The van der Waals surface area contributed by atoms with Gasteiger partial charge in [0.2, 0.25) is 0 Å². The molecule has 1 heterocycles. The summed E-state index contributed by atoms with van der Waals surface area (Å²) in [7, 11) is 0. The molecule has 1 aliphatic heterocycles. The number of aromatic carboxylic acids is 1. The molecule has 1 aliphatic rings. The Hall–Kier alpha value is -1.39. The van der Waals surface area contributed by atoms with Crippen LogP contribution in [-0.2, 0) is 6.54 Å². The Morgan fingerprint density at radius 1 is 1.40 bits per heavy atom. The molecule has 1 fully saturated rings. The maximum Gasteiger partial charge on any atom is 0.335 e. The van der Waals surface area contributed by atoms with Crippen molar-refractivity contribution in [2.45, 2.75) is 32.9 Å². The molecule has 4 nitrogen and oxygen atoms in total. The van der Waals surface area contributed by atoms with Crippen LogP contribution >= 0.6 is 0 Å². The molecule has 4 heteroatoms. The Labute approximate surface area is 120 Å². The van der Waals surface area contributed by atoms with Gasteiger partial charge in [-0.25, -0.2) is 4.79 Å². The van der Waals surface area contributed by atoms with E-state index in [1.54, 1.807) is 12.1 Å². The predicted octanol–water partition coefficient (Wildman–Crippen LogP) is 2.20. The molecule has 0 aliphatic carbocycles. The van der Waals surface area contributed by atoms with Crippen molar-refractivity contribution in [3.05, 3.63) is 35.4 Å². The molecule has 2 rings (SSSR count). The monoisotopic (exact) mass is 276 g/mol. The summed E-state index contributed by atoms with van der Waals surface area (Å²) in [6.45, 7) is 8.55. The highest BCUT2D eigenvalue weighted by atomic mass is 16.4. The van der Waals surface area contributed by atoms with Crippen LogP contribution in [-0.4, -0.2) is 41.7 Å². The summed E-state index contributed by atoms with van der Waals surface area (Å²) in [6, 6.07) is 7.81. The summed E-state index contributed by atoms with van der Waals surface area (Å²) in [6.07, 6.45) is 1.19. The number of carboxylic acids is 1. The first kappa shape index (κ1) is 15.0. The molecule has 0 spiro atoms. The van der Waals surface area contributed by atoms with Crippen molar-refractivity contribution >= 4 is 5.97 Å². The summed E-state index contributed by atoms with van der Waals surface area (Å²) in [5.74, 6) is -0.173. The smallest absolute Gasteiger partial charge is 0.335 e. The van der Waals surface area contributed by atoms with Gasteiger partial charge in [-0.05, 0) is 30.0 Å². The number of piperazine rings is 1. The third kappa shape index (κ3) is 4.05. The molecule has 1 atom stereocenters. The molecule has 0 saturated carbocycles. The van der Waals surface area contributed by atoms with E-state index in [0.29, 0.717) is 17.5 Å². The van der Waals surface area contributed by atoms with Crippen molar-refractivity contribution in [1.82, 2.24) is 10.2 Å². The lowest BCUT2D eigenvalue weighted by molar-refractivity contribution is 0.0697. The van der Waals surface area contributed by atoms with E-state index in [1.807, 2.05) is 12.1 Å². The number of hydrogen-bond acceptors (Lipinski definition) is 3. The van der Waals surface area contributed by atoms with E-state index >= 15 is 0 Å². The lowest BCUT2D eigenvalue weighted by atomic mass is 10.00. The Bertz CT molecular complexity index is 442. The van der Waals surface area contributed by atoms with Crippen molar-refractivity contribution in [3.8, 4) is 0 Å². The van der Waals surface area contributed by atoms with Crippen LogP contribution < -0.4 is 5.32 Å². The first-order chi connectivity index (χ1) is 9.56. The average Bonchev–Trinajstić information content (AvgIpc) is 2.41. The number of carboxylic acid groups (broad SMARTS) is 1. The quantitative estimate of drug-likeness (QED) is 0.865. The maximum absolute atomic E-state index is 10.9. The van der Waals surface area contributed by atoms with E-state index in [2.05, 4.69) is 24.1 Å². The van der Waals surface area contributed by atoms with Gasteiger partial charge in [-0.3, -0.25) is 4.90 Å². The first-order valence-electron chi connectivity index (χ1n) is 7.33. The molecule has 0 bridgehead atoms. The number of carbonyl (C=O) groups is 1. The molecule has 0 radical (unpaired) electrons. The molecule has 20 heavy (non-hydrogen) atoms. The van der Waals surface area contributed by atoms with Gasteiger partial charge >= 0.3 is 5.97 Å². The lowest BCUT2D eigenvalue weighted by Crippen LogP contribution is -2.51. The van der Waals surface area contributed by atoms with Crippen molar-refractivity contribution < 1.29 is 9.90 Å². The average molecular weight is 276 g/mol. The molecule has 1 saturated heterocycles. The van der Waals surface area contributed by atoms with Gasteiger partial charge in [-0.2, -0.15) is 0 Å². The predicted molar refractivity (Wildman–Crippen MR) is 79.9 cm³/mol. The molecule has 110 valence electrons. The summed E-state index contributed by atoms with van der Waals surface area (Å²) in [4.78, 5) is 13.4. The summed E-state index contributed by atoms with van der Waals surface area (Å²) >= 11 is 0. The van der Waals surface area contributed by atoms with Crippen LogP contribution in [0.15, 0.2) is 24.3 Å². The zero-order valence-corrected chi connectivity index (χ0v) is 12.3. The maximum atomic E-state index is 10.9. The molecule has 1 aromatic carbocycles. The third-order valence-corrected chi connectivity index (χ3v) is 3.80. The highest BCUT2D eigenvalue weighted by Gasteiger charge is 2.22. The Morgan fingerprint density at radius 2 is 2.10 bits per heavy atom. The van der Waals surface area contributed by atoms with Crippen LogP contribution in [0.5, 0.6) is 0 Å². The Balaban J connectivity index is 2.00.